The standard InChI is InChI=1S/C14H16O/c15-14(11-9-13-6-7-13)10-8-12-4-2-1-3-5-12/h1-5,13-15H,6-8,10H2. The molecule has 0 aromatic heterocycles. The monoisotopic (exact) mass is 200 g/mol. The topological polar surface area (TPSA) is 20.2 Å². The first-order valence-electron chi connectivity index (χ1n) is 5.57. The van der Waals surface area contributed by atoms with Crippen LogP contribution in [0.1, 0.15) is 24.8 Å². The van der Waals surface area contributed by atoms with Crippen molar-refractivity contribution >= 4 is 0 Å². The van der Waals surface area contributed by atoms with E-state index in [0.717, 1.165) is 12.8 Å². The largest absolute Gasteiger partial charge is 0.380 e. The number of aliphatic hydroxyl groups is 1. The molecule has 1 aliphatic rings. The SMILES string of the molecule is OC(C#CC1CC1)CCc1ccccc1. The summed E-state index contributed by atoms with van der Waals surface area (Å²) < 4.78 is 0. The van der Waals surface area contributed by atoms with Gasteiger partial charge >= 0.3 is 0 Å². The number of hydrogen-bond donors (Lipinski definition) is 1. The minimum atomic E-state index is -0.453. The van der Waals surface area contributed by atoms with Crippen molar-refractivity contribution in [1.82, 2.24) is 0 Å². The number of aliphatic hydroxyl groups excluding tert-OH is 1. The van der Waals surface area contributed by atoms with Gasteiger partial charge in [-0.15, -0.1) is 0 Å². The fourth-order valence-electron chi connectivity index (χ4n) is 1.46. The Labute approximate surface area is 91.1 Å². The van der Waals surface area contributed by atoms with Crippen LogP contribution in [0.3, 0.4) is 0 Å². The molecule has 2 rings (SSSR count). The molecule has 1 aromatic rings. The molecule has 1 aromatic carbocycles. The lowest BCUT2D eigenvalue weighted by molar-refractivity contribution is 0.222. The first-order valence-corrected chi connectivity index (χ1v) is 5.57. The summed E-state index contributed by atoms with van der Waals surface area (Å²) in [7, 11) is 0. The van der Waals surface area contributed by atoms with E-state index in [4.69, 9.17) is 0 Å². The Hall–Kier alpha value is -1.26. The lowest BCUT2D eigenvalue weighted by atomic mass is 10.1. The van der Waals surface area contributed by atoms with E-state index in [1.54, 1.807) is 0 Å². The van der Waals surface area contributed by atoms with Gasteiger partial charge in [0.05, 0.1) is 0 Å². The first-order chi connectivity index (χ1) is 7.34. The van der Waals surface area contributed by atoms with Gasteiger partial charge in [-0.3, -0.25) is 0 Å². The summed E-state index contributed by atoms with van der Waals surface area (Å²) in [6.45, 7) is 0. The van der Waals surface area contributed by atoms with Crippen molar-refractivity contribution in [1.29, 1.82) is 0 Å². The van der Waals surface area contributed by atoms with Gasteiger partial charge in [0.15, 0.2) is 0 Å². The maximum Gasteiger partial charge on any atom is 0.115 e. The van der Waals surface area contributed by atoms with E-state index < -0.39 is 6.10 Å². The van der Waals surface area contributed by atoms with E-state index >= 15 is 0 Å². The fraction of sp³-hybridized carbons (Fsp3) is 0.429. The molecule has 1 atom stereocenters. The van der Waals surface area contributed by atoms with Crippen LogP contribution < -0.4 is 0 Å². The first kappa shape index (κ1) is 10.3. The van der Waals surface area contributed by atoms with Gasteiger partial charge < -0.3 is 5.11 Å². The molecule has 1 saturated carbocycles. The molecule has 78 valence electrons. The molecule has 0 amide bonds. The van der Waals surface area contributed by atoms with Crippen molar-refractivity contribution in [2.45, 2.75) is 31.8 Å². The Morgan fingerprint density at radius 2 is 2.00 bits per heavy atom. The number of hydrogen-bond acceptors (Lipinski definition) is 1. The smallest absolute Gasteiger partial charge is 0.115 e. The van der Waals surface area contributed by atoms with Crippen LogP contribution in [0, 0.1) is 17.8 Å². The van der Waals surface area contributed by atoms with Gasteiger partial charge in [0.25, 0.3) is 0 Å². The van der Waals surface area contributed by atoms with Crippen LogP contribution in [-0.4, -0.2) is 11.2 Å². The van der Waals surface area contributed by atoms with Crippen molar-refractivity contribution in [2.75, 3.05) is 0 Å². The predicted octanol–water partition coefficient (Wildman–Crippen LogP) is 2.39. The van der Waals surface area contributed by atoms with E-state index in [-0.39, 0.29) is 0 Å². The van der Waals surface area contributed by atoms with Gasteiger partial charge in [-0.25, -0.2) is 0 Å². The van der Waals surface area contributed by atoms with Crippen LogP contribution >= 0.6 is 0 Å². The molecule has 1 unspecified atom stereocenters. The van der Waals surface area contributed by atoms with Crippen LogP contribution in [-0.2, 0) is 6.42 Å². The molecule has 1 fully saturated rings. The fourth-order valence-corrected chi connectivity index (χ4v) is 1.46. The summed E-state index contributed by atoms with van der Waals surface area (Å²) in [5, 5.41) is 9.61. The molecule has 0 bridgehead atoms. The average Bonchev–Trinajstić information content (AvgIpc) is 3.09. The van der Waals surface area contributed by atoms with Gasteiger partial charge in [-0.2, -0.15) is 0 Å². The normalized spacial score (nSPS) is 16.6. The van der Waals surface area contributed by atoms with Crippen LogP contribution in [0.2, 0.25) is 0 Å². The quantitative estimate of drug-likeness (QED) is 0.743. The Bertz CT molecular complexity index is 354. The van der Waals surface area contributed by atoms with Gasteiger partial charge in [0.2, 0.25) is 0 Å². The predicted molar refractivity (Wildman–Crippen MR) is 61.3 cm³/mol. The second-order valence-electron chi connectivity index (χ2n) is 4.10. The van der Waals surface area contributed by atoms with Gasteiger partial charge in [0.1, 0.15) is 6.10 Å². The summed E-state index contributed by atoms with van der Waals surface area (Å²) >= 11 is 0. The molecule has 15 heavy (non-hydrogen) atoms. The minimum absolute atomic E-state index is 0.453. The maximum atomic E-state index is 9.61. The summed E-state index contributed by atoms with van der Waals surface area (Å²) in [6, 6.07) is 10.2. The number of aryl methyl sites for hydroxylation is 1. The highest BCUT2D eigenvalue weighted by Crippen LogP contribution is 2.27. The van der Waals surface area contributed by atoms with E-state index in [0.29, 0.717) is 5.92 Å². The Balaban J connectivity index is 1.76. The second-order valence-corrected chi connectivity index (χ2v) is 4.10. The van der Waals surface area contributed by atoms with E-state index in [2.05, 4.69) is 24.0 Å². The van der Waals surface area contributed by atoms with Gasteiger partial charge in [0, 0.05) is 5.92 Å². The van der Waals surface area contributed by atoms with Crippen molar-refractivity contribution < 1.29 is 5.11 Å². The van der Waals surface area contributed by atoms with E-state index in [1.165, 1.54) is 18.4 Å². The Kier molecular flexibility index (Phi) is 3.42. The highest BCUT2D eigenvalue weighted by molar-refractivity contribution is 5.16. The third-order valence-corrected chi connectivity index (χ3v) is 2.58. The second kappa shape index (κ2) is 5.00. The summed E-state index contributed by atoms with van der Waals surface area (Å²) in [4.78, 5) is 0. The number of benzene rings is 1. The van der Waals surface area contributed by atoms with Crippen molar-refractivity contribution in [3.05, 3.63) is 35.9 Å². The highest BCUT2D eigenvalue weighted by atomic mass is 16.3. The molecule has 1 heteroatoms. The highest BCUT2D eigenvalue weighted by Gasteiger charge is 2.18. The third kappa shape index (κ3) is 3.77. The minimum Gasteiger partial charge on any atom is -0.380 e. The Morgan fingerprint density at radius 3 is 2.67 bits per heavy atom. The van der Waals surface area contributed by atoms with E-state index in [9.17, 15) is 5.11 Å². The Morgan fingerprint density at radius 1 is 1.27 bits per heavy atom. The molecule has 1 nitrogen and oxygen atoms in total. The molecule has 0 saturated heterocycles. The summed E-state index contributed by atoms with van der Waals surface area (Å²) in [5.41, 5.74) is 1.27. The molecular formula is C14H16O. The lowest BCUT2D eigenvalue weighted by Gasteiger charge is -2.02. The van der Waals surface area contributed by atoms with Crippen molar-refractivity contribution in [2.24, 2.45) is 5.92 Å². The average molecular weight is 200 g/mol. The molecule has 0 heterocycles. The zero-order valence-electron chi connectivity index (χ0n) is 8.82. The zero-order chi connectivity index (χ0) is 10.5. The van der Waals surface area contributed by atoms with Gasteiger partial charge in [-0.05, 0) is 31.2 Å². The van der Waals surface area contributed by atoms with Crippen LogP contribution in [0.5, 0.6) is 0 Å². The molecular weight excluding hydrogens is 184 g/mol. The maximum absolute atomic E-state index is 9.61. The van der Waals surface area contributed by atoms with Crippen LogP contribution in [0.4, 0.5) is 0 Å². The van der Waals surface area contributed by atoms with Crippen molar-refractivity contribution in [3.8, 4) is 11.8 Å². The molecule has 0 radical (unpaired) electrons. The van der Waals surface area contributed by atoms with Gasteiger partial charge in [-0.1, -0.05) is 42.2 Å². The number of rotatable bonds is 3. The van der Waals surface area contributed by atoms with Crippen LogP contribution in [0.15, 0.2) is 30.3 Å². The van der Waals surface area contributed by atoms with E-state index in [1.807, 2.05) is 18.2 Å². The molecule has 0 spiro atoms. The summed E-state index contributed by atoms with van der Waals surface area (Å²) in [5.74, 6) is 6.59. The van der Waals surface area contributed by atoms with Crippen molar-refractivity contribution in [3.63, 3.8) is 0 Å². The molecule has 1 N–H and O–H groups in total. The molecule has 0 aliphatic heterocycles. The summed E-state index contributed by atoms with van der Waals surface area (Å²) in [6.07, 6.45) is 3.63. The third-order valence-electron chi connectivity index (χ3n) is 2.58. The van der Waals surface area contributed by atoms with Crippen LogP contribution in [0.25, 0.3) is 0 Å². The lowest BCUT2D eigenvalue weighted by Crippen LogP contribution is -2.04. The zero-order valence-corrected chi connectivity index (χ0v) is 8.82. The molecule has 1 aliphatic carbocycles.